The van der Waals surface area contributed by atoms with Gasteiger partial charge in [0.25, 0.3) is 5.91 Å². The molecule has 0 saturated carbocycles. The first-order valence-electron chi connectivity index (χ1n) is 7.96. The van der Waals surface area contributed by atoms with Gasteiger partial charge >= 0.3 is 0 Å². The normalized spacial score (nSPS) is 10.7. The lowest BCUT2D eigenvalue weighted by Crippen LogP contribution is -2.14. The van der Waals surface area contributed by atoms with Gasteiger partial charge in [0.15, 0.2) is 11.5 Å². The zero-order valence-corrected chi connectivity index (χ0v) is 14.0. The summed E-state index contributed by atoms with van der Waals surface area (Å²) in [5.41, 5.74) is 2.40. The minimum absolute atomic E-state index is 0.276. The number of fused-ring (bicyclic) bond motifs is 1. The Morgan fingerprint density at radius 3 is 2.77 bits per heavy atom. The number of hydrogen-bond acceptors (Lipinski definition) is 5. The van der Waals surface area contributed by atoms with Crippen LogP contribution in [-0.2, 0) is 0 Å². The monoisotopic (exact) mass is 345 g/mol. The molecule has 26 heavy (non-hydrogen) atoms. The third kappa shape index (κ3) is 2.75. The molecule has 1 N–H and O–H groups in total. The zero-order valence-electron chi connectivity index (χ0n) is 14.0. The molecule has 1 amide bonds. The number of carbonyl (C=O) groups excluding carboxylic acids is 1. The van der Waals surface area contributed by atoms with Crippen molar-refractivity contribution in [2.24, 2.45) is 0 Å². The van der Waals surface area contributed by atoms with E-state index in [-0.39, 0.29) is 5.91 Å². The van der Waals surface area contributed by atoms with Crippen LogP contribution in [0.25, 0.3) is 17.0 Å². The highest BCUT2D eigenvalue weighted by atomic mass is 16.5. The summed E-state index contributed by atoms with van der Waals surface area (Å²) >= 11 is 0. The molecular weight excluding hydrogens is 330 g/mol. The van der Waals surface area contributed by atoms with Gasteiger partial charge in [-0.25, -0.2) is 0 Å². The maximum absolute atomic E-state index is 12.7. The second-order valence-electron chi connectivity index (χ2n) is 5.54. The van der Waals surface area contributed by atoms with Crippen molar-refractivity contribution < 1.29 is 9.53 Å². The first kappa shape index (κ1) is 15.8. The number of nitrogens with zero attached hydrogens (tertiary/aromatic N) is 4. The zero-order chi connectivity index (χ0) is 17.9. The van der Waals surface area contributed by atoms with E-state index in [1.807, 2.05) is 34.9 Å². The smallest absolute Gasteiger partial charge is 0.259 e. The van der Waals surface area contributed by atoms with Gasteiger partial charge in [-0.15, -0.1) is 10.2 Å². The molecule has 4 aromatic rings. The lowest BCUT2D eigenvalue weighted by Gasteiger charge is -2.09. The van der Waals surface area contributed by atoms with Gasteiger partial charge in [-0.05, 0) is 36.4 Å². The molecule has 0 aliphatic carbocycles. The van der Waals surface area contributed by atoms with Crippen LogP contribution in [0, 0.1) is 0 Å². The summed E-state index contributed by atoms with van der Waals surface area (Å²) < 4.78 is 7.07. The van der Waals surface area contributed by atoms with Crippen molar-refractivity contribution in [1.29, 1.82) is 0 Å². The molecule has 3 aromatic heterocycles. The van der Waals surface area contributed by atoms with Crippen molar-refractivity contribution in [3.8, 4) is 17.1 Å². The Morgan fingerprint density at radius 1 is 1.08 bits per heavy atom. The maximum atomic E-state index is 12.7. The van der Waals surface area contributed by atoms with E-state index < -0.39 is 0 Å². The molecule has 0 atom stereocenters. The molecule has 128 valence electrons. The number of para-hydroxylation sites is 1. The summed E-state index contributed by atoms with van der Waals surface area (Å²) in [4.78, 5) is 16.8. The van der Waals surface area contributed by atoms with Crippen molar-refractivity contribution in [2.75, 3.05) is 12.4 Å². The third-order valence-electron chi connectivity index (χ3n) is 3.95. The number of rotatable bonds is 4. The highest BCUT2D eigenvalue weighted by Gasteiger charge is 2.16. The largest absolute Gasteiger partial charge is 0.496 e. The molecule has 0 aliphatic heterocycles. The minimum atomic E-state index is -0.276. The van der Waals surface area contributed by atoms with Gasteiger partial charge in [0.05, 0.1) is 18.4 Å². The Kier molecular flexibility index (Phi) is 4.03. The van der Waals surface area contributed by atoms with Crippen LogP contribution in [0.3, 0.4) is 0 Å². The lowest BCUT2D eigenvalue weighted by atomic mass is 10.2. The Labute approximate surface area is 149 Å². The van der Waals surface area contributed by atoms with Crippen LogP contribution in [0.1, 0.15) is 10.4 Å². The van der Waals surface area contributed by atoms with Crippen molar-refractivity contribution >= 4 is 17.2 Å². The molecule has 7 heteroatoms. The first-order chi connectivity index (χ1) is 12.8. The molecule has 7 nitrogen and oxygen atoms in total. The van der Waals surface area contributed by atoms with Crippen molar-refractivity contribution in [1.82, 2.24) is 19.6 Å². The number of amides is 1. The topological polar surface area (TPSA) is 81.4 Å². The number of carbonyl (C=O) groups is 1. The number of pyridine rings is 2. The van der Waals surface area contributed by atoms with Crippen molar-refractivity contribution in [3.05, 3.63) is 72.7 Å². The quantitative estimate of drug-likeness (QED) is 0.615. The molecule has 4 rings (SSSR count). The minimum Gasteiger partial charge on any atom is -0.496 e. The van der Waals surface area contributed by atoms with Gasteiger partial charge in [-0.1, -0.05) is 12.1 Å². The highest BCUT2D eigenvalue weighted by molar-refractivity contribution is 6.07. The Bertz CT molecular complexity index is 1080. The molecule has 0 spiro atoms. The fourth-order valence-electron chi connectivity index (χ4n) is 2.73. The second kappa shape index (κ2) is 6.64. The van der Waals surface area contributed by atoms with E-state index >= 15 is 0 Å². The average Bonchev–Trinajstić information content (AvgIpc) is 3.14. The fraction of sp³-hybridized carbons (Fsp3) is 0.0526. The summed E-state index contributed by atoms with van der Waals surface area (Å²) in [6, 6.07) is 14.4. The summed E-state index contributed by atoms with van der Waals surface area (Å²) in [7, 11) is 1.53. The Balaban J connectivity index is 1.72. The molecule has 1 aromatic carbocycles. The van der Waals surface area contributed by atoms with E-state index in [9.17, 15) is 4.79 Å². The van der Waals surface area contributed by atoms with E-state index in [1.165, 1.54) is 7.11 Å². The summed E-state index contributed by atoms with van der Waals surface area (Å²) in [5, 5.41) is 11.3. The van der Waals surface area contributed by atoms with E-state index in [0.717, 1.165) is 5.56 Å². The molecular formula is C19H15N5O2. The van der Waals surface area contributed by atoms with E-state index in [2.05, 4.69) is 20.5 Å². The van der Waals surface area contributed by atoms with E-state index in [4.69, 9.17) is 4.74 Å². The number of methoxy groups -OCH3 is 1. The number of nitrogens with one attached hydrogen (secondary N) is 1. The van der Waals surface area contributed by atoms with Crippen LogP contribution in [0.5, 0.6) is 5.75 Å². The predicted molar refractivity (Wildman–Crippen MR) is 97.2 cm³/mol. The number of aromatic nitrogens is 4. The van der Waals surface area contributed by atoms with Crippen LogP contribution < -0.4 is 10.1 Å². The third-order valence-corrected chi connectivity index (χ3v) is 3.95. The second-order valence-corrected chi connectivity index (χ2v) is 5.54. The van der Waals surface area contributed by atoms with Crippen molar-refractivity contribution in [2.45, 2.75) is 0 Å². The molecule has 0 bridgehead atoms. The number of benzene rings is 1. The average molecular weight is 345 g/mol. The Morgan fingerprint density at radius 2 is 1.96 bits per heavy atom. The van der Waals surface area contributed by atoms with E-state index in [0.29, 0.717) is 28.5 Å². The summed E-state index contributed by atoms with van der Waals surface area (Å²) in [6.45, 7) is 0. The van der Waals surface area contributed by atoms with Crippen LogP contribution in [0.15, 0.2) is 67.1 Å². The van der Waals surface area contributed by atoms with Gasteiger partial charge in [-0.2, -0.15) is 0 Å². The number of ether oxygens (including phenoxy) is 1. The van der Waals surface area contributed by atoms with Gasteiger partial charge in [0.1, 0.15) is 5.75 Å². The van der Waals surface area contributed by atoms with E-state index in [1.54, 1.807) is 36.7 Å². The van der Waals surface area contributed by atoms with Crippen LogP contribution >= 0.6 is 0 Å². The summed E-state index contributed by atoms with van der Waals surface area (Å²) in [5.74, 6) is 0.887. The Hall–Kier alpha value is -3.74. The standard InChI is InChI=1S/C19H15N5O2/c1-26-16-9-3-2-7-14(16)19(25)21-15-8-5-11-24-17(22-23-18(15)24)13-6-4-10-20-12-13/h2-12H,1H3,(H,21,25). The van der Waals surface area contributed by atoms with Gasteiger partial charge in [-0.3, -0.25) is 14.2 Å². The molecule has 0 fully saturated rings. The lowest BCUT2D eigenvalue weighted by molar-refractivity contribution is 0.102. The first-order valence-corrected chi connectivity index (χ1v) is 7.96. The molecule has 0 radical (unpaired) electrons. The van der Waals surface area contributed by atoms with Crippen LogP contribution in [-0.4, -0.2) is 32.6 Å². The van der Waals surface area contributed by atoms with Crippen LogP contribution in [0.2, 0.25) is 0 Å². The fourth-order valence-corrected chi connectivity index (χ4v) is 2.73. The molecule has 0 unspecified atom stereocenters. The molecule has 0 aliphatic rings. The van der Waals surface area contributed by atoms with Gasteiger partial charge < -0.3 is 10.1 Å². The summed E-state index contributed by atoms with van der Waals surface area (Å²) in [6.07, 6.45) is 5.26. The number of anilines is 1. The van der Waals surface area contributed by atoms with Gasteiger partial charge in [0, 0.05) is 24.2 Å². The molecule has 0 saturated heterocycles. The maximum Gasteiger partial charge on any atom is 0.259 e. The molecule has 3 heterocycles. The van der Waals surface area contributed by atoms with Gasteiger partial charge in [0.2, 0.25) is 0 Å². The number of hydrogen-bond donors (Lipinski definition) is 1. The highest BCUT2D eigenvalue weighted by Crippen LogP contribution is 2.24. The predicted octanol–water partition coefficient (Wildman–Crippen LogP) is 3.05. The van der Waals surface area contributed by atoms with Crippen LogP contribution in [0.4, 0.5) is 5.69 Å². The van der Waals surface area contributed by atoms with Crippen molar-refractivity contribution in [3.63, 3.8) is 0 Å². The SMILES string of the molecule is COc1ccccc1C(=O)Nc1cccn2c(-c3cccnc3)nnc12.